The minimum absolute atomic E-state index is 0.00540. The molecule has 2 aliphatic heterocycles. The van der Waals surface area contributed by atoms with Crippen molar-refractivity contribution in [3.05, 3.63) is 39.3 Å². The second-order valence-corrected chi connectivity index (χ2v) is 7.34. The Hall–Kier alpha value is -2.48. The number of hydrogen-bond acceptors (Lipinski definition) is 6. The van der Waals surface area contributed by atoms with E-state index in [4.69, 9.17) is 0 Å². The molecule has 0 aromatic carbocycles. The normalized spacial score (nSPS) is 16.5. The van der Waals surface area contributed by atoms with Crippen LogP contribution in [0.2, 0.25) is 0 Å². The summed E-state index contributed by atoms with van der Waals surface area (Å²) in [7, 11) is 1.75. The van der Waals surface area contributed by atoms with E-state index in [2.05, 4.69) is 15.3 Å². The molecule has 4 heterocycles. The molecule has 1 fully saturated rings. The minimum Gasteiger partial charge on any atom is -0.357 e. The number of nitrogens with one attached hydrogen (secondary N) is 1. The number of carbonyl (C=O) groups excluding carboxylic acids is 2. The van der Waals surface area contributed by atoms with Crippen molar-refractivity contribution in [2.75, 3.05) is 32.0 Å². The summed E-state index contributed by atoms with van der Waals surface area (Å²) >= 11 is 1.51. The lowest BCUT2D eigenvalue weighted by Gasteiger charge is -2.30. The van der Waals surface area contributed by atoms with Crippen molar-refractivity contribution in [1.82, 2.24) is 19.8 Å². The average Bonchev–Trinajstić information content (AvgIpc) is 3.39. The second kappa shape index (κ2) is 7.03. The molecule has 2 aromatic heterocycles. The van der Waals surface area contributed by atoms with Crippen LogP contribution in [0.4, 0.5) is 5.95 Å². The number of amides is 2. The number of nitrogens with zero attached hydrogens (tertiary/aromatic N) is 4. The summed E-state index contributed by atoms with van der Waals surface area (Å²) in [4.78, 5) is 38.3. The Kier molecular flexibility index (Phi) is 4.58. The number of carbonyl (C=O) groups is 2. The molecule has 8 heteroatoms. The van der Waals surface area contributed by atoms with Crippen molar-refractivity contribution in [3.63, 3.8) is 0 Å². The monoisotopic (exact) mass is 371 g/mol. The van der Waals surface area contributed by atoms with Gasteiger partial charge in [-0.3, -0.25) is 9.59 Å². The van der Waals surface area contributed by atoms with E-state index in [0.717, 1.165) is 37.2 Å². The molecule has 0 saturated carbocycles. The first-order valence-corrected chi connectivity index (χ1v) is 9.80. The van der Waals surface area contributed by atoms with Crippen LogP contribution in [-0.4, -0.2) is 58.3 Å². The van der Waals surface area contributed by atoms with Crippen LogP contribution in [-0.2, 0) is 13.0 Å². The van der Waals surface area contributed by atoms with Crippen LogP contribution >= 0.6 is 11.3 Å². The highest BCUT2D eigenvalue weighted by Gasteiger charge is 2.31. The Morgan fingerprint density at radius 2 is 1.92 bits per heavy atom. The Morgan fingerprint density at radius 3 is 2.62 bits per heavy atom. The van der Waals surface area contributed by atoms with Crippen LogP contribution < -0.4 is 5.32 Å². The molecule has 0 spiro atoms. The standard InChI is InChI=1S/C18H21N5O2S/c1-19-18-20-14-4-8-23(16(24)12-5-9-26-11-12)10-13(14)15(21-18)17(25)22-6-2-3-7-22/h5,9,11H,2-4,6-8,10H2,1H3,(H,19,20,21). The van der Waals surface area contributed by atoms with Gasteiger partial charge in [0, 0.05) is 44.0 Å². The van der Waals surface area contributed by atoms with Gasteiger partial charge in [-0.2, -0.15) is 11.3 Å². The highest BCUT2D eigenvalue weighted by atomic mass is 32.1. The summed E-state index contributed by atoms with van der Waals surface area (Å²) in [5.41, 5.74) is 2.78. The van der Waals surface area contributed by atoms with Gasteiger partial charge in [0.05, 0.1) is 17.8 Å². The zero-order chi connectivity index (χ0) is 18.1. The van der Waals surface area contributed by atoms with E-state index in [-0.39, 0.29) is 11.8 Å². The smallest absolute Gasteiger partial charge is 0.273 e. The number of fused-ring (bicyclic) bond motifs is 1. The number of thiophene rings is 1. The third-order valence-corrected chi connectivity index (χ3v) is 5.62. The summed E-state index contributed by atoms with van der Waals surface area (Å²) in [6.07, 6.45) is 2.68. The van der Waals surface area contributed by atoms with Crippen molar-refractivity contribution < 1.29 is 9.59 Å². The van der Waals surface area contributed by atoms with Crippen LogP contribution in [0.25, 0.3) is 0 Å². The van der Waals surface area contributed by atoms with Gasteiger partial charge in [-0.1, -0.05) is 0 Å². The molecule has 26 heavy (non-hydrogen) atoms. The summed E-state index contributed by atoms with van der Waals surface area (Å²) in [5, 5.41) is 6.70. The SMILES string of the molecule is CNc1nc2c(c(C(=O)N3CCCC3)n1)CN(C(=O)c1ccsc1)CC2. The molecule has 1 saturated heterocycles. The van der Waals surface area contributed by atoms with Crippen LogP contribution in [0.15, 0.2) is 16.8 Å². The predicted molar refractivity (Wildman–Crippen MR) is 99.5 cm³/mol. The molecule has 0 unspecified atom stereocenters. The van der Waals surface area contributed by atoms with E-state index in [1.54, 1.807) is 11.9 Å². The molecule has 7 nitrogen and oxygen atoms in total. The quantitative estimate of drug-likeness (QED) is 0.893. The van der Waals surface area contributed by atoms with E-state index in [9.17, 15) is 9.59 Å². The predicted octanol–water partition coefficient (Wildman–Crippen LogP) is 2.01. The van der Waals surface area contributed by atoms with Gasteiger partial charge in [-0.05, 0) is 24.3 Å². The van der Waals surface area contributed by atoms with Gasteiger partial charge in [-0.15, -0.1) is 0 Å². The third kappa shape index (κ3) is 3.05. The lowest BCUT2D eigenvalue weighted by molar-refractivity contribution is 0.0719. The van der Waals surface area contributed by atoms with E-state index >= 15 is 0 Å². The van der Waals surface area contributed by atoms with Crippen LogP contribution in [0.5, 0.6) is 0 Å². The maximum atomic E-state index is 13.0. The Balaban J connectivity index is 1.67. The number of likely N-dealkylation sites (tertiary alicyclic amines) is 1. The summed E-state index contributed by atoms with van der Waals surface area (Å²) < 4.78 is 0. The fourth-order valence-corrected chi connectivity index (χ4v) is 4.14. The number of anilines is 1. The maximum Gasteiger partial charge on any atom is 0.273 e. The maximum absolute atomic E-state index is 13.0. The van der Waals surface area contributed by atoms with Crippen molar-refractivity contribution in [3.8, 4) is 0 Å². The van der Waals surface area contributed by atoms with Crippen molar-refractivity contribution in [2.45, 2.75) is 25.8 Å². The van der Waals surface area contributed by atoms with E-state index in [1.165, 1.54) is 11.3 Å². The van der Waals surface area contributed by atoms with Crippen LogP contribution in [0.3, 0.4) is 0 Å². The van der Waals surface area contributed by atoms with Crippen LogP contribution in [0.1, 0.15) is 44.9 Å². The Morgan fingerprint density at radius 1 is 1.12 bits per heavy atom. The van der Waals surface area contributed by atoms with Gasteiger partial charge in [-0.25, -0.2) is 9.97 Å². The summed E-state index contributed by atoms with van der Waals surface area (Å²) in [6, 6.07) is 1.83. The first-order valence-electron chi connectivity index (χ1n) is 8.85. The molecule has 1 N–H and O–H groups in total. The Bertz CT molecular complexity index is 830. The van der Waals surface area contributed by atoms with Gasteiger partial charge in [0.2, 0.25) is 5.95 Å². The number of aromatic nitrogens is 2. The van der Waals surface area contributed by atoms with Gasteiger partial charge < -0.3 is 15.1 Å². The van der Waals surface area contributed by atoms with Gasteiger partial charge in [0.15, 0.2) is 0 Å². The molecule has 0 atom stereocenters. The Labute approximate surface area is 156 Å². The van der Waals surface area contributed by atoms with E-state index in [0.29, 0.717) is 36.7 Å². The fourth-order valence-electron chi connectivity index (χ4n) is 3.51. The number of hydrogen-bond donors (Lipinski definition) is 1. The molecular weight excluding hydrogens is 350 g/mol. The molecule has 2 amide bonds. The van der Waals surface area contributed by atoms with Gasteiger partial charge >= 0.3 is 0 Å². The highest BCUT2D eigenvalue weighted by molar-refractivity contribution is 7.08. The molecule has 2 aliphatic rings. The van der Waals surface area contributed by atoms with Crippen LogP contribution in [0, 0.1) is 0 Å². The largest absolute Gasteiger partial charge is 0.357 e. The topological polar surface area (TPSA) is 78.4 Å². The summed E-state index contributed by atoms with van der Waals surface area (Å²) in [5.74, 6) is 0.403. The van der Waals surface area contributed by atoms with Crippen molar-refractivity contribution in [2.24, 2.45) is 0 Å². The first kappa shape index (κ1) is 17.0. The molecule has 4 rings (SSSR count). The van der Waals surface area contributed by atoms with E-state index < -0.39 is 0 Å². The summed E-state index contributed by atoms with van der Waals surface area (Å²) in [6.45, 7) is 2.51. The second-order valence-electron chi connectivity index (χ2n) is 6.56. The minimum atomic E-state index is -0.0533. The number of rotatable bonds is 3. The first-order chi connectivity index (χ1) is 12.7. The molecular formula is C18H21N5O2S. The zero-order valence-corrected chi connectivity index (χ0v) is 15.5. The molecule has 2 aromatic rings. The van der Waals surface area contributed by atoms with Gasteiger partial charge in [0.1, 0.15) is 5.69 Å². The third-order valence-electron chi connectivity index (χ3n) is 4.94. The fraction of sp³-hybridized carbons (Fsp3) is 0.444. The van der Waals surface area contributed by atoms with Crippen molar-refractivity contribution >= 4 is 29.1 Å². The highest BCUT2D eigenvalue weighted by Crippen LogP contribution is 2.25. The average molecular weight is 371 g/mol. The molecule has 0 bridgehead atoms. The zero-order valence-electron chi connectivity index (χ0n) is 14.7. The van der Waals surface area contributed by atoms with E-state index in [1.807, 2.05) is 21.7 Å². The lowest BCUT2D eigenvalue weighted by Crippen LogP contribution is -2.39. The van der Waals surface area contributed by atoms with Gasteiger partial charge in [0.25, 0.3) is 11.8 Å². The lowest BCUT2D eigenvalue weighted by atomic mass is 10.0. The molecule has 0 aliphatic carbocycles. The molecule has 136 valence electrons. The van der Waals surface area contributed by atoms with Crippen molar-refractivity contribution in [1.29, 1.82) is 0 Å². The molecule has 0 radical (unpaired) electrons.